The number of hydrogen-bond acceptors (Lipinski definition) is 14. The van der Waals surface area contributed by atoms with Crippen molar-refractivity contribution in [3.63, 3.8) is 0 Å². The van der Waals surface area contributed by atoms with E-state index in [1.807, 2.05) is 20.8 Å². The number of unbranched alkanes of at least 4 members (excludes halogenated alkanes) is 1. The minimum atomic E-state index is -5.27. The molecule has 6 unspecified atom stereocenters. The quantitative estimate of drug-likeness (QED) is 0.0372. The molecule has 0 spiro atoms. The Bertz CT molecular complexity index is 980. The zero-order valence-corrected chi connectivity index (χ0v) is 33.8. The molecule has 0 saturated heterocycles. The lowest BCUT2D eigenvalue weighted by atomic mass is 10.1. The van der Waals surface area contributed by atoms with Crippen molar-refractivity contribution >= 4 is 32.5 Å². The van der Waals surface area contributed by atoms with Gasteiger partial charge in [0.2, 0.25) is 12.5 Å². The second-order valence-corrected chi connectivity index (χ2v) is 19.8. The average Bonchev–Trinajstić information content (AvgIpc) is 3.02. The van der Waals surface area contributed by atoms with Gasteiger partial charge in [-0.2, -0.15) is 11.8 Å². The van der Waals surface area contributed by atoms with E-state index in [2.05, 4.69) is 13.8 Å². The molecule has 16 nitrogen and oxygen atoms in total. The average molecular weight is 801 g/mol. The van der Waals surface area contributed by atoms with Crippen molar-refractivity contribution in [1.29, 1.82) is 0 Å². The van der Waals surface area contributed by atoms with Crippen molar-refractivity contribution in [3.05, 3.63) is 0 Å². The van der Waals surface area contributed by atoms with Gasteiger partial charge in [0.15, 0.2) is 0 Å². The lowest BCUT2D eigenvalue weighted by Crippen LogP contribution is -2.37. The predicted octanol–water partition coefficient (Wildman–Crippen LogP) is 2.36. The number of carbonyl (C=O) groups excluding carboxylic acids is 1. The third kappa shape index (κ3) is 24.9. The summed E-state index contributed by atoms with van der Waals surface area (Å²) in [6.45, 7) is 11.6. The molecule has 0 aliphatic rings. The van der Waals surface area contributed by atoms with Gasteiger partial charge in [-0.05, 0) is 52.4 Å². The summed E-state index contributed by atoms with van der Waals surface area (Å²) in [6.07, 6.45) is -1.91. The third-order valence-electron chi connectivity index (χ3n) is 7.37. The second-order valence-electron chi connectivity index (χ2n) is 13.9. The van der Waals surface area contributed by atoms with E-state index in [0.29, 0.717) is 50.5 Å². The predicted molar refractivity (Wildman–Crippen MR) is 194 cm³/mol. The van der Waals surface area contributed by atoms with E-state index in [1.165, 1.54) is 11.8 Å². The van der Waals surface area contributed by atoms with E-state index in [9.17, 15) is 43.9 Å². The number of Topliss-reactive ketones (excluding diaryl/α,β-unsaturated/α-hetero) is 1. The van der Waals surface area contributed by atoms with Gasteiger partial charge in [-0.1, -0.05) is 13.8 Å². The molecule has 0 aliphatic heterocycles. The van der Waals surface area contributed by atoms with Gasteiger partial charge in [-0.25, -0.2) is 0 Å². The number of ether oxygens (including phenoxy) is 6. The van der Waals surface area contributed by atoms with Crippen LogP contribution in [0.5, 0.6) is 0 Å². The number of ketones is 1. The van der Waals surface area contributed by atoms with E-state index in [1.54, 1.807) is 0 Å². The van der Waals surface area contributed by atoms with Crippen LogP contribution >= 0.6 is 26.7 Å². The minimum absolute atomic E-state index is 0.0124. The topological polar surface area (TPSA) is 248 Å². The molecule has 0 heterocycles. The Morgan fingerprint density at radius 2 is 1.33 bits per heavy atom. The van der Waals surface area contributed by atoms with Crippen molar-refractivity contribution < 1.29 is 77.5 Å². The van der Waals surface area contributed by atoms with Crippen molar-refractivity contribution in [2.45, 2.75) is 108 Å². The van der Waals surface area contributed by atoms with Crippen LogP contribution in [0.15, 0.2) is 0 Å². The summed E-state index contributed by atoms with van der Waals surface area (Å²) in [6, 6.07) is 0. The van der Waals surface area contributed by atoms with Gasteiger partial charge in [0.25, 0.3) is 0 Å². The lowest BCUT2D eigenvalue weighted by Gasteiger charge is -2.30. The largest absolute Gasteiger partial charge is 0.394 e. The first kappa shape index (κ1) is 51.0. The van der Waals surface area contributed by atoms with E-state index in [0.717, 1.165) is 6.42 Å². The van der Waals surface area contributed by atoms with Crippen molar-refractivity contribution in [2.75, 3.05) is 84.2 Å². The molecule has 19 heteroatoms. The molecule has 0 fully saturated rings. The molecular weight excluding hydrogens is 734 g/mol. The summed E-state index contributed by atoms with van der Waals surface area (Å²) in [5.41, 5.74) is -0.367. The second kappa shape index (κ2) is 26.7. The molecule has 0 aromatic carbocycles. The smallest absolute Gasteiger partial charge is 0.366 e. The van der Waals surface area contributed by atoms with E-state index < -0.39 is 51.4 Å². The molecule has 0 aromatic heterocycles. The number of hydrogen-bond donors (Lipinski definition) is 7. The number of aliphatic hydroxyl groups is 4. The van der Waals surface area contributed by atoms with Crippen LogP contribution in [0.1, 0.15) is 73.1 Å². The van der Waals surface area contributed by atoms with Crippen molar-refractivity contribution in [3.8, 4) is 0 Å². The Hall–Kier alpha value is -0.0400. The molecule has 0 amide bonds. The van der Waals surface area contributed by atoms with E-state index >= 15 is 0 Å². The maximum absolute atomic E-state index is 12.2. The highest BCUT2D eigenvalue weighted by molar-refractivity contribution is 7.99. The lowest BCUT2D eigenvalue weighted by molar-refractivity contribution is -0.140. The summed E-state index contributed by atoms with van der Waals surface area (Å²) in [7, 11) is -9.78. The highest BCUT2D eigenvalue weighted by Gasteiger charge is 2.56. The van der Waals surface area contributed by atoms with Gasteiger partial charge in [-0.3, -0.25) is 13.9 Å². The van der Waals surface area contributed by atoms with E-state index in [-0.39, 0.29) is 76.2 Å². The molecule has 0 bridgehead atoms. The van der Waals surface area contributed by atoms with Gasteiger partial charge in [0.1, 0.15) is 30.2 Å². The Balaban J connectivity index is 4.66. The fraction of sp³-hybridized carbons (Fsp3) is 0.969. The Morgan fingerprint density at radius 1 is 0.765 bits per heavy atom. The van der Waals surface area contributed by atoms with Crippen molar-refractivity contribution in [2.24, 2.45) is 5.92 Å². The molecule has 7 N–H and O–H groups in total. The Labute approximate surface area is 307 Å². The fourth-order valence-electron chi connectivity index (χ4n) is 4.13. The van der Waals surface area contributed by atoms with Crippen LogP contribution in [0, 0.1) is 5.92 Å². The first-order valence-corrected chi connectivity index (χ1v) is 22.2. The third-order valence-corrected chi connectivity index (χ3v) is 12.9. The van der Waals surface area contributed by atoms with E-state index in [4.69, 9.17) is 33.5 Å². The van der Waals surface area contributed by atoms with Crippen LogP contribution in [0.2, 0.25) is 0 Å². The summed E-state index contributed by atoms with van der Waals surface area (Å²) in [5.74, 6) is 1.48. The molecule has 0 aliphatic carbocycles. The van der Waals surface area contributed by atoms with Crippen LogP contribution in [-0.4, -0.2) is 160 Å². The number of aliphatic hydroxyl groups excluding tert-OH is 3. The molecule has 306 valence electrons. The molecule has 0 rings (SSSR count). The van der Waals surface area contributed by atoms with Crippen LogP contribution in [0.4, 0.5) is 0 Å². The van der Waals surface area contributed by atoms with Gasteiger partial charge in [-0.15, -0.1) is 0 Å². The van der Waals surface area contributed by atoms with Gasteiger partial charge >= 0.3 is 7.60 Å². The van der Waals surface area contributed by atoms with Crippen LogP contribution in [-0.2, 0) is 42.3 Å². The minimum Gasteiger partial charge on any atom is -0.394 e. The zero-order chi connectivity index (χ0) is 39.1. The Kier molecular flexibility index (Phi) is 26.7. The highest BCUT2D eigenvalue weighted by Crippen LogP contribution is 2.69. The molecule has 6 atom stereocenters. The highest BCUT2D eigenvalue weighted by atomic mass is 32.2. The fourth-order valence-corrected chi connectivity index (χ4v) is 7.90. The van der Waals surface area contributed by atoms with Crippen LogP contribution in [0.25, 0.3) is 0 Å². The van der Waals surface area contributed by atoms with Crippen molar-refractivity contribution in [1.82, 2.24) is 0 Å². The standard InChI is InChI=1S/C32H66O16P2S/c1-25(2)10-13-43-21-30(24-48-31(3,4)5)47-22-28(18-34)46-23-29(45-19-27(36)17-33)20-44-14-16-51-15-11-26(35)9-7-8-12-32(37,49(6,38)39)50(40,41)42/h25,27-30,33-34,36-37H,7-24H2,1-6H3,(H,38,39)(H2,40,41,42). The summed E-state index contributed by atoms with van der Waals surface area (Å²) >= 11 is 1.48. The first-order valence-electron chi connectivity index (χ1n) is 17.4. The maximum atomic E-state index is 12.2. The maximum Gasteiger partial charge on any atom is 0.366 e. The molecule has 0 saturated carbocycles. The monoisotopic (exact) mass is 800 g/mol. The normalized spacial score (nSPS) is 17.5. The number of thioether (sulfide) groups is 1. The number of carbonyl (C=O) groups is 1. The SMILES string of the molecule is CC(C)CCOCC(COC(C)(C)C)OCC(CO)OCC(COCCSCCC(=O)CCCCC(O)(P(C)(=O)O)P(=O)(O)O)OCC(O)CO. The summed E-state index contributed by atoms with van der Waals surface area (Å²) in [4.78, 5) is 40.5. The summed E-state index contributed by atoms with van der Waals surface area (Å²) < 4.78 is 58.4. The van der Waals surface area contributed by atoms with Gasteiger partial charge in [0, 0.05) is 37.6 Å². The van der Waals surface area contributed by atoms with Crippen LogP contribution in [0.3, 0.4) is 0 Å². The molecule has 0 aromatic rings. The van der Waals surface area contributed by atoms with Gasteiger partial charge in [0.05, 0.1) is 65.1 Å². The zero-order valence-electron chi connectivity index (χ0n) is 31.2. The molecule has 0 radical (unpaired) electrons. The molecular formula is C32H66O16P2S. The Morgan fingerprint density at radius 3 is 1.88 bits per heavy atom. The summed E-state index contributed by atoms with van der Waals surface area (Å²) in [5, 5.41) is 36.0. The van der Waals surface area contributed by atoms with Gasteiger partial charge < -0.3 is 63.5 Å². The van der Waals surface area contributed by atoms with Crippen LogP contribution < -0.4 is 0 Å². The molecule has 51 heavy (non-hydrogen) atoms. The first-order chi connectivity index (χ1) is 23.6. The number of rotatable bonds is 33.